The summed E-state index contributed by atoms with van der Waals surface area (Å²) in [7, 11) is 1.82. The van der Waals surface area contributed by atoms with Crippen molar-refractivity contribution in [1.29, 1.82) is 0 Å². The standard InChI is InChI=1S/C12H11BrFN3/c1-17(9-4-2-3-8(14)5-9)12-10(13)6-16-7-11(12)15/h2-7H,15H2,1H3. The van der Waals surface area contributed by atoms with E-state index < -0.39 is 0 Å². The molecule has 0 saturated heterocycles. The number of hydrogen-bond donors (Lipinski definition) is 1. The van der Waals surface area contributed by atoms with Gasteiger partial charge in [-0.15, -0.1) is 0 Å². The van der Waals surface area contributed by atoms with Crippen LogP contribution in [0.15, 0.2) is 41.1 Å². The number of benzene rings is 1. The van der Waals surface area contributed by atoms with E-state index in [1.807, 2.05) is 18.0 Å². The average Bonchev–Trinajstić information content (AvgIpc) is 2.28. The molecular weight excluding hydrogens is 285 g/mol. The molecule has 17 heavy (non-hydrogen) atoms. The van der Waals surface area contributed by atoms with E-state index in [1.54, 1.807) is 18.5 Å². The summed E-state index contributed by atoms with van der Waals surface area (Å²) in [5, 5.41) is 0. The van der Waals surface area contributed by atoms with E-state index in [0.29, 0.717) is 5.69 Å². The lowest BCUT2D eigenvalue weighted by Gasteiger charge is -2.22. The molecule has 0 fully saturated rings. The van der Waals surface area contributed by atoms with Gasteiger partial charge in [-0.25, -0.2) is 4.39 Å². The topological polar surface area (TPSA) is 42.1 Å². The van der Waals surface area contributed by atoms with Gasteiger partial charge in [0.25, 0.3) is 0 Å². The van der Waals surface area contributed by atoms with Gasteiger partial charge in [-0.2, -0.15) is 0 Å². The fraction of sp³-hybridized carbons (Fsp3) is 0.0833. The van der Waals surface area contributed by atoms with Crippen LogP contribution in [0.1, 0.15) is 0 Å². The summed E-state index contributed by atoms with van der Waals surface area (Å²) < 4.78 is 13.9. The van der Waals surface area contributed by atoms with Crippen molar-refractivity contribution < 1.29 is 4.39 Å². The summed E-state index contributed by atoms with van der Waals surface area (Å²) >= 11 is 3.39. The maximum absolute atomic E-state index is 13.2. The second-order valence-corrected chi connectivity index (χ2v) is 4.45. The lowest BCUT2D eigenvalue weighted by Crippen LogP contribution is -2.12. The number of nitrogens with zero attached hydrogens (tertiary/aromatic N) is 2. The number of halogens is 2. The summed E-state index contributed by atoms with van der Waals surface area (Å²) in [6.07, 6.45) is 3.22. The Balaban J connectivity index is 2.47. The van der Waals surface area contributed by atoms with Gasteiger partial charge in [-0.3, -0.25) is 4.98 Å². The molecule has 88 valence electrons. The predicted molar refractivity (Wildman–Crippen MR) is 70.8 cm³/mol. The molecule has 0 unspecified atom stereocenters. The van der Waals surface area contributed by atoms with Crippen LogP contribution in [0.5, 0.6) is 0 Å². The van der Waals surface area contributed by atoms with E-state index in [2.05, 4.69) is 20.9 Å². The summed E-state index contributed by atoms with van der Waals surface area (Å²) in [5.41, 5.74) is 7.90. The van der Waals surface area contributed by atoms with Crippen LogP contribution in [-0.2, 0) is 0 Å². The number of anilines is 3. The van der Waals surface area contributed by atoms with Crippen molar-refractivity contribution >= 4 is 33.0 Å². The molecule has 0 aliphatic rings. The Hall–Kier alpha value is -1.62. The van der Waals surface area contributed by atoms with E-state index in [9.17, 15) is 4.39 Å². The summed E-state index contributed by atoms with van der Waals surface area (Å²) in [6.45, 7) is 0. The summed E-state index contributed by atoms with van der Waals surface area (Å²) in [6, 6.07) is 6.33. The third-order valence-electron chi connectivity index (χ3n) is 2.43. The second-order valence-electron chi connectivity index (χ2n) is 3.60. The van der Waals surface area contributed by atoms with Gasteiger partial charge in [0, 0.05) is 18.9 Å². The van der Waals surface area contributed by atoms with Gasteiger partial charge in [0.05, 0.1) is 22.0 Å². The van der Waals surface area contributed by atoms with Crippen LogP contribution >= 0.6 is 15.9 Å². The first-order chi connectivity index (χ1) is 8.09. The van der Waals surface area contributed by atoms with E-state index >= 15 is 0 Å². The monoisotopic (exact) mass is 295 g/mol. The van der Waals surface area contributed by atoms with Gasteiger partial charge in [0.15, 0.2) is 0 Å². The smallest absolute Gasteiger partial charge is 0.125 e. The van der Waals surface area contributed by atoms with Crippen LogP contribution in [0, 0.1) is 5.82 Å². The number of rotatable bonds is 2. The first-order valence-corrected chi connectivity index (χ1v) is 5.77. The zero-order valence-electron chi connectivity index (χ0n) is 9.19. The Kier molecular flexibility index (Phi) is 3.28. The highest BCUT2D eigenvalue weighted by atomic mass is 79.9. The minimum Gasteiger partial charge on any atom is -0.396 e. The SMILES string of the molecule is CN(c1cccc(F)c1)c1c(N)cncc1Br. The van der Waals surface area contributed by atoms with Gasteiger partial charge in [0.1, 0.15) is 5.82 Å². The molecule has 0 aliphatic heterocycles. The van der Waals surface area contributed by atoms with Crippen molar-refractivity contribution in [3.63, 3.8) is 0 Å². The lowest BCUT2D eigenvalue weighted by atomic mass is 10.2. The van der Waals surface area contributed by atoms with Gasteiger partial charge >= 0.3 is 0 Å². The van der Waals surface area contributed by atoms with Crippen molar-refractivity contribution in [2.24, 2.45) is 0 Å². The Labute approximate surface area is 107 Å². The van der Waals surface area contributed by atoms with E-state index in [0.717, 1.165) is 15.8 Å². The fourth-order valence-electron chi connectivity index (χ4n) is 1.61. The number of aromatic nitrogens is 1. The molecule has 1 aromatic carbocycles. The highest BCUT2D eigenvalue weighted by Gasteiger charge is 2.12. The largest absolute Gasteiger partial charge is 0.396 e. The van der Waals surface area contributed by atoms with E-state index in [-0.39, 0.29) is 5.82 Å². The molecule has 0 atom stereocenters. The minimum absolute atomic E-state index is 0.280. The first kappa shape index (κ1) is 11.9. The van der Waals surface area contributed by atoms with Crippen molar-refractivity contribution in [3.05, 3.63) is 46.9 Å². The van der Waals surface area contributed by atoms with Gasteiger partial charge < -0.3 is 10.6 Å². The molecule has 1 aromatic heterocycles. The Bertz CT molecular complexity index is 525. The molecule has 0 amide bonds. The number of pyridine rings is 1. The molecule has 3 nitrogen and oxygen atoms in total. The van der Waals surface area contributed by atoms with Crippen LogP contribution in [-0.4, -0.2) is 12.0 Å². The van der Waals surface area contributed by atoms with Crippen LogP contribution in [0.4, 0.5) is 21.5 Å². The second kappa shape index (κ2) is 4.71. The maximum Gasteiger partial charge on any atom is 0.125 e. The maximum atomic E-state index is 13.2. The Morgan fingerprint density at radius 2 is 2.12 bits per heavy atom. The lowest BCUT2D eigenvalue weighted by molar-refractivity contribution is 0.628. The highest BCUT2D eigenvalue weighted by Crippen LogP contribution is 2.34. The molecule has 2 aromatic rings. The quantitative estimate of drug-likeness (QED) is 0.924. The number of nitrogens with two attached hydrogens (primary N) is 1. The Morgan fingerprint density at radius 1 is 1.35 bits per heavy atom. The zero-order valence-corrected chi connectivity index (χ0v) is 10.8. The molecule has 0 spiro atoms. The minimum atomic E-state index is -0.280. The summed E-state index contributed by atoms with van der Waals surface area (Å²) in [4.78, 5) is 5.78. The molecule has 0 radical (unpaired) electrons. The average molecular weight is 296 g/mol. The fourth-order valence-corrected chi connectivity index (χ4v) is 2.22. The molecular formula is C12H11BrFN3. The molecule has 1 heterocycles. The predicted octanol–water partition coefficient (Wildman–Crippen LogP) is 3.33. The van der Waals surface area contributed by atoms with Crippen molar-refractivity contribution in [2.75, 3.05) is 17.7 Å². The zero-order chi connectivity index (χ0) is 12.4. The van der Waals surface area contributed by atoms with E-state index in [4.69, 9.17) is 5.73 Å². The highest BCUT2D eigenvalue weighted by molar-refractivity contribution is 9.10. The normalized spacial score (nSPS) is 10.3. The molecule has 0 aliphatic carbocycles. The van der Waals surface area contributed by atoms with Crippen LogP contribution in [0.2, 0.25) is 0 Å². The molecule has 2 rings (SSSR count). The van der Waals surface area contributed by atoms with Crippen molar-refractivity contribution in [3.8, 4) is 0 Å². The van der Waals surface area contributed by atoms with Crippen LogP contribution < -0.4 is 10.6 Å². The third-order valence-corrected chi connectivity index (χ3v) is 3.01. The first-order valence-electron chi connectivity index (χ1n) is 4.98. The van der Waals surface area contributed by atoms with Gasteiger partial charge in [-0.1, -0.05) is 6.07 Å². The number of hydrogen-bond acceptors (Lipinski definition) is 3. The third kappa shape index (κ3) is 2.39. The molecule has 0 saturated carbocycles. The van der Waals surface area contributed by atoms with E-state index in [1.165, 1.54) is 12.1 Å². The van der Waals surface area contributed by atoms with Crippen molar-refractivity contribution in [2.45, 2.75) is 0 Å². The molecule has 5 heteroatoms. The van der Waals surface area contributed by atoms with Crippen LogP contribution in [0.25, 0.3) is 0 Å². The van der Waals surface area contributed by atoms with Crippen LogP contribution in [0.3, 0.4) is 0 Å². The Morgan fingerprint density at radius 3 is 2.76 bits per heavy atom. The van der Waals surface area contributed by atoms with Gasteiger partial charge in [0.2, 0.25) is 0 Å². The number of nitrogen functional groups attached to an aromatic ring is 1. The van der Waals surface area contributed by atoms with Gasteiger partial charge in [-0.05, 0) is 34.1 Å². The molecule has 2 N–H and O–H groups in total. The summed E-state index contributed by atoms with van der Waals surface area (Å²) in [5.74, 6) is -0.280. The van der Waals surface area contributed by atoms with Crippen molar-refractivity contribution in [1.82, 2.24) is 4.98 Å². The molecule has 0 bridgehead atoms.